The van der Waals surface area contributed by atoms with Gasteiger partial charge in [-0.1, -0.05) is 19.6 Å². The molecule has 0 radical (unpaired) electrons. The van der Waals surface area contributed by atoms with Crippen LogP contribution in [0.5, 0.6) is 0 Å². The molecular formula is C9H16N2Si. The summed E-state index contributed by atoms with van der Waals surface area (Å²) in [5.41, 5.74) is 1.22. The lowest BCUT2D eigenvalue weighted by atomic mass is 10.4. The van der Waals surface area contributed by atoms with Crippen molar-refractivity contribution in [3.05, 3.63) is 24.5 Å². The molecule has 0 aliphatic rings. The van der Waals surface area contributed by atoms with Crippen LogP contribution in [0.4, 0.5) is 5.69 Å². The average Bonchev–Trinajstić information content (AvgIpc) is 2.03. The van der Waals surface area contributed by atoms with E-state index < -0.39 is 8.24 Å². The molecule has 0 aliphatic heterocycles. The van der Waals surface area contributed by atoms with E-state index in [1.807, 2.05) is 18.5 Å². The molecule has 3 heteroatoms. The summed E-state index contributed by atoms with van der Waals surface area (Å²) < 4.78 is 2.35. The SMILES string of the molecule is CN(c1cccnc1)[Si](C)(C)C. The van der Waals surface area contributed by atoms with E-state index >= 15 is 0 Å². The Morgan fingerprint density at radius 2 is 2.00 bits per heavy atom. The third-order valence-corrected chi connectivity index (χ3v) is 4.31. The van der Waals surface area contributed by atoms with Crippen molar-refractivity contribution in [1.29, 1.82) is 0 Å². The average molecular weight is 180 g/mol. The molecule has 1 heterocycles. The highest BCUT2D eigenvalue weighted by Crippen LogP contribution is 2.17. The molecule has 0 saturated heterocycles. The predicted octanol–water partition coefficient (Wildman–Crippen LogP) is 2.35. The summed E-state index contributed by atoms with van der Waals surface area (Å²) in [6.45, 7) is 6.96. The molecule has 0 N–H and O–H groups in total. The molecule has 0 amide bonds. The van der Waals surface area contributed by atoms with E-state index in [9.17, 15) is 0 Å². The molecule has 1 rings (SSSR count). The summed E-state index contributed by atoms with van der Waals surface area (Å²) in [4.78, 5) is 4.10. The van der Waals surface area contributed by atoms with Gasteiger partial charge >= 0.3 is 0 Å². The minimum atomic E-state index is -1.21. The van der Waals surface area contributed by atoms with Crippen LogP contribution < -0.4 is 4.57 Å². The summed E-state index contributed by atoms with van der Waals surface area (Å²) in [6.07, 6.45) is 3.72. The van der Waals surface area contributed by atoms with Crippen LogP contribution in [0, 0.1) is 0 Å². The van der Waals surface area contributed by atoms with E-state index in [4.69, 9.17) is 0 Å². The highest BCUT2D eigenvalue weighted by Gasteiger charge is 2.19. The smallest absolute Gasteiger partial charge is 0.147 e. The fraction of sp³-hybridized carbons (Fsp3) is 0.444. The van der Waals surface area contributed by atoms with E-state index in [1.54, 1.807) is 0 Å². The lowest BCUT2D eigenvalue weighted by Gasteiger charge is -2.31. The van der Waals surface area contributed by atoms with E-state index in [-0.39, 0.29) is 0 Å². The Balaban J connectivity index is 2.86. The van der Waals surface area contributed by atoms with Crippen LogP contribution in [0.15, 0.2) is 24.5 Å². The number of nitrogens with zero attached hydrogens (tertiary/aromatic N) is 2. The summed E-state index contributed by atoms with van der Waals surface area (Å²) in [7, 11) is 0.934. The maximum atomic E-state index is 4.10. The van der Waals surface area contributed by atoms with Gasteiger partial charge in [-0.3, -0.25) is 4.98 Å². The van der Waals surface area contributed by atoms with Crippen molar-refractivity contribution < 1.29 is 0 Å². The predicted molar refractivity (Wildman–Crippen MR) is 56.0 cm³/mol. The highest BCUT2D eigenvalue weighted by atomic mass is 28.3. The van der Waals surface area contributed by atoms with Gasteiger partial charge in [0, 0.05) is 18.1 Å². The number of rotatable bonds is 2. The molecule has 0 aromatic carbocycles. The van der Waals surface area contributed by atoms with Crippen molar-refractivity contribution in [1.82, 2.24) is 4.98 Å². The molecule has 12 heavy (non-hydrogen) atoms. The second-order valence-corrected chi connectivity index (χ2v) is 8.95. The fourth-order valence-electron chi connectivity index (χ4n) is 0.939. The Morgan fingerprint density at radius 1 is 1.33 bits per heavy atom. The van der Waals surface area contributed by atoms with Gasteiger partial charge in [-0.05, 0) is 19.2 Å². The zero-order chi connectivity index (χ0) is 9.19. The van der Waals surface area contributed by atoms with Gasteiger partial charge < -0.3 is 4.57 Å². The lowest BCUT2D eigenvalue weighted by Crippen LogP contribution is -2.43. The van der Waals surface area contributed by atoms with Crippen LogP contribution >= 0.6 is 0 Å². The van der Waals surface area contributed by atoms with E-state index in [2.05, 4.69) is 42.3 Å². The van der Waals surface area contributed by atoms with Crippen LogP contribution in [-0.2, 0) is 0 Å². The van der Waals surface area contributed by atoms with Gasteiger partial charge in [0.2, 0.25) is 0 Å². The van der Waals surface area contributed by atoms with Crippen LogP contribution in [0.2, 0.25) is 19.6 Å². The molecule has 0 saturated carbocycles. The third kappa shape index (κ3) is 2.07. The van der Waals surface area contributed by atoms with E-state index in [0.29, 0.717) is 0 Å². The zero-order valence-electron chi connectivity index (χ0n) is 8.20. The maximum Gasteiger partial charge on any atom is 0.147 e. The lowest BCUT2D eigenvalue weighted by molar-refractivity contribution is 1.20. The van der Waals surface area contributed by atoms with Crippen molar-refractivity contribution >= 4 is 13.9 Å². The minimum absolute atomic E-state index is 1.21. The van der Waals surface area contributed by atoms with Gasteiger partial charge in [-0.25, -0.2) is 0 Å². The van der Waals surface area contributed by atoms with Crippen molar-refractivity contribution in [3.8, 4) is 0 Å². The number of hydrogen-bond acceptors (Lipinski definition) is 2. The first-order valence-electron chi connectivity index (χ1n) is 4.15. The van der Waals surface area contributed by atoms with Crippen molar-refractivity contribution in [2.45, 2.75) is 19.6 Å². The molecule has 0 atom stereocenters. The fourth-order valence-corrected chi connectivity index (χ4v) is 1.85. The van der Waals surface area contributed by atoms with E-state index in [1.165, 1.54) is 5.69 Å². The van der Waals surface area contributed by atoms with Gasteiger partial charge in [0.1, 0.15) is 8.24 Å². The first-order chi connectivity index (χ1) is 5.52. The molecule has 1 aromatic rings. The Morgan fingerprint density at radius 3 is 2.42 bits per heavy atom. The van der Waals surface area contributed by atoms with Crippen LogP contribution in [0.3, 0.4) is 0 Å². The Bertz CT molecular complexity index is 240. The van der Waals surface area contributed by atoms with Crippen molar-refractivity contribution in [2.24, 2.45) is 0 Å². The maximum absolute atomic E-state index is 4.10. The molecule has 0 fully saturated rings. The number of pyridine rings is 1. The summed E-state index contributed by atoms with van der Waals surface area (Å²) in [6, 6.07) is 4.08. The highest BCUT2D eigenvalue weighted by molar-refractivity contribution is 6.79. The number of aromatic nitrogens is 1. The summed E-state index contributed by atoms with van der Waals surface area (Å²) in [5, 5.41) is 0. The standard InChI is InChI=1S/C9H16N2Si/c1-11(12(2,3)4)9-6-5-7-10-8-9/h5-8H,1-4H3. The van der Waals surface area contributed by atoms with Crippen molar-refractivity contribution in [2.75, 3.05) is 11.6 Å². The van der Waals surface area contributed by atoms with Gasteiger partial charge in [-0.15, -0.1) is 0 Å². The Hall–Kier alpha value is -0.833. The van der Waals surface area contributed by atoms with Crippen LogP contribution in [0.1, 0.15) is 0 Å². The summed E-state index contributed by atoms with van der Waals surface area (Å²) >= 11 is 0. The normalized spacial score (nSPS) is 11.3. The quantitative estimate of drug-likeness (QED) is 0.649. The van der Waals surface area contributed by atoms with Crippen LogP contribution in [0.25, 0.3) is 0 Å². The minimum Gasteiger partial charge on any atom is -0.399 e. The first kappa shape index (κ1) is 9.26. The number of anilines is 1. The molecule has 0 unspecified atom stereocenters. The van der Waals surface area contributed by atoms with Crippen LogP contribution in [-0.4, -0.2) is 20.3 Å². The topological polar surface area (TPSA) is 16.1 Å². The zero-order valence-corrected chi connectivity index (χ0v) is 9.20. The monoisotopic (exact) mass is 180 g/mol. The van der Waals surface area contributed by atoms with Crippen molar-refractivity contribution in [3.63, 3.8) is 0 Å². The molecule has 66 valence electrons. The second kappa shape index (κ2) is 3.27. The van der Waals surface area contributed by atoms with Gasteiger partial charge in [0.15, 0.2) is 0 Å². The van der Waals surface area contributed by atoms with Gasteiger partial charge in [0.25, 0.3) is 0 Å². The number of hydrogen-bond donors (Lipinski definition) is 0. The molecule has 2 nitrogen and oxygen atoms in total. The molecule has 1 aromatic heterocycles. The molecular weight excluding hydrogens is 164 g/mol. The molecule has 0 spiro atoms. The van der Waals surface area contributed by atoms with Gasteiger partial charge in [0.05, 0.1) is 0 Å². The Kier molecular flexibility index (Phi) is 2.52. The molecule has 0 bridgehead atoms. The summed E-state index contributed by atoms with van der Waals surface area (Å²) in [5.74, 6) is 0. The van der Waals surface area contributed by atoms with Gasteiger partial charge in [-0.2, -0.15) is 0 Å². The second-order valence-electron chi connectivity index (χ2n) is 3.94. The first-order valence-corrected chi connectivity index (χ1v) is 7.60. The Labute approximate surface area is 75.3 Å². The third-order valence-electron chi connectivity index (χ3n) is 2.04. The van der Waals surface area contributed by atoms with E-state index in [0.717, 1.165) is 0 Å². The molecule has 0 aliphatic carbocycles. The largest absolute Gasteiger partial charge is 0.399 e.